The molecule has 0 radical (unpaired) electrons. The SMILES string of the molecule is CN(C)P(=N)(N(C)C(C)(C)C)[N+](C)(C)C. The molecule has 15 heavy (non-hydrogen) atoms. The van der Waals surface area contributed by atoms with Gasteiger partial charge >= 0.3 is 0 Å². The van der Waals surface area contributed by atoms with Gasteiger partial charge in [-0.2, -0.15) is 0 Å². The highest BCUT2D eigenvalue weighted by molar-refractivity contribution is 7.54. The van der Waals surface area contributed by atoms with E-state index < -0.39 is 7.51 Å². The molecule has 1 N–H and O–H groups in total. The van der Waals surface area contributed by atoms with Gasteiger partial charge in [0.15, 0.2) is 0 Å². The van der Waals surface area contributed by atoms with Crippen molar-refractivity contribution >= 4 is 7.51 Å². The van der Waals surface area contributed by atoms with Gasteiger partial charge in [-0.3, -0.25) is 4.25 Å². The molecule has 4 nitrogen and oxygen atoms in total. The van der Waals surface area contributed by atoms with E-state index in [1.807, 2.05) is 14.1 Å². The first-order valence-corrected chi connectivity index (χ1v) is 6.88. The van der Waals surface area contributed by atoms with Gasteiger partial charge in [0.1, 0.15) is 0 Å². The van der Waals surface area contributed by atoms with Gasteiger partial charge in [0.25, 0.3) is 7.51 Å². The zero-order chi connectivity index (χ0) is 12.7. The second kappa shape index (κ2) is 4.17. The summed E-state index contributed by atoms with van der Waals surface area (Å²) in [6.07, 6.45) is 0. The molecule has 0 aromatic carbocycles. The van der Waals surface area contributed by atoms with E-state index in [1.54, 1.807) is 0 Å². The number of nitrogens with one attached hydrogen (secondary N) is 1. The molecule has 0 bridgehead atoms. The molecule has 0 fully saturated rings. The Balaban J connectivity index is 5.45. The van der Waals surface area contributed by atoms with Crippen molar-refractivity contribution in [1.82, 2.24) is 9.34 Å². The van der Waals surface area contributed by atoms with E-state index in [-0.39, 0.29) is 5.54 Å². The third-order valence-corrected chi connectivity index (χ3v) is 7.01. The van der Waals surface area contributed by atoms with Gasteiger partial charge in [0.05, 0.1) is 21.1 Å². The Hall–Kier alpha value is 0.110. The van der Waals surface area contributed by atoms with Crippen LogP contribution in [0, 0.1) is 5.16 Å². The first-order chi connectivity index (χ1) is 6.35. The normalized spacial score (nSPS) is 18.3. The molecule has 0 spiro atoms. The van der Waals surface area contributed by atoms with Crippen molar-refractivity contribution in [1.29, 1.82) is 5.16 Å². The lowest BCUT2D eigenvalue weighted by Crippen LogP contribution is -2.48. The van der Waals surface area contributed by atoms with Gasteiger partial charge in [0.2, 0.25) is 0 Å². The van der Waals surface area contributed by atoms with Gasteiger partial charge in [-0.1, -0.05) is 0 Å². The van der Waals surface area contributed by atoms with Gasteiger partial charge in [-0.05, 0) is 41.9 Å². The summed E-state index contributed by atoms with van der Waals surface area (Å²) in [6.45, 7) is 6.49. The third kappa shape index (κ3) is 2.82. The Kier molecular flexibility index (Phi) is 4.20. The Morgan fingerprint density at radius 2 is 1.33 bits per heavy atom. The summed E-state index contributed by atoms with van der Waals surface area (Å²) in [4.78, 5) is 0. The fourth-order valence-electron chi connectivity index (χ4n) is 1.63. The van der Waals surface area contributed by atoms with Crippen molar-refractivity contribution in [3.63, 3.8) is 0 Å². The van der Waals surface area contributed by atoms with E-state index in [2.05, 4.69) is 58.3 Å². The monoisotopic (exact) mass is 235 g/mol. The number of quaternary nitrogens is 1. The van der Waals surface area contributed by atoms with Crippen molar-refractivity contribution in [2.45, 2.75) is 26.3 Å². The molecule has 0 aliphatic heterocycles. The number of nitrogens with zero attached hydrogens (tertiary/aromatic N) is 3. The Morgan fingerprint density at radius 1 is 1.00 bits per heavy atom. The molecule has 0 saturated heterocycles. The molecule has 0 aliphatic rings. The standard InChI is InChI=1S/C10H28N4P/c1-10(2,3)13(6)15(11,12(4)5)14(7,8)9/h11H,1-9H3/q+1. The minimum Gasteiger partial charge on any atom is -0.282 e. The van der Waals surface area contributed by atoms with Crippen LogP contribution in [0.4, 0.5) is 0 Å². The molecule has 5 heteroatoms. The van der Waals surface area contributed by atoms with Crippen molar-refractivity contribution in [3.8, 4) is 0 Å². The van der Waals surface area contributed by atoms with E-state index >= 15 is 0 Å². The van der Waals surface area contributed by atoms with Crippen LogP contribution in [0.3, 0.4) is 0 Å². The van der Waals surface area contributed by atoms with E-state index in [0.29, 0.717) is 4.25 Å². The van der Waals surface area contributed by atoms with E-state index in [1.165, 1.54) is 0 Å². The Bertz CT molecular complexity index is 260. The predicted molar refractivity (Wildman–Crippen MR) is 68.9 cm³/mol. The van der Waals surface area contributed by atoms with Crippen molar-refractivity contribution in [2.75, 3.05) is 42.3 Å². The third-order valence-electron chi connectivity index (χ3n) is 2.78. The summed E-state index contributed by atoms with van der Waals surface area (Å²) in [7, 11) is 10.3. The predicted octanol–water partition coefficient (Wildman–Crippen LogP) is 2.51. The van der Waals surface area contributed by atoms with Crippen LogP contribution in [0.1, 0.15) is 20.8 Å². The van der Waals surface area contributed by atoms with Crippen LogP contribution in [0.15, 0.2) is 0 Å². The largest absolute Gasteiger partial charge is 0.282 e. The van der Waals surface area contributed by atoms with Crippen molar-refractivity contribution in [2.24, 2.45) is 0 Å². The second-order valence-corrected chi connectivity index (χ2v) is 9.79. The lowest BCUT2D eigenvalue weighted by Gasteiger charge is -2.49. The molecular formula is C10H28N4P+. The summed E-state index contributed by atoms with van der Waals surface area (Å²) in [5, 5.41) is 8.82. The lowest BCUT2D eigenvalue weighted by atomic mass is 10.1. The van der Waals surface area contributed by atoms with Crippen molar-refractivity contribution < 1.29 is 4.25 Å². The Labute approximate surface area is 95.5 Å². The number of hydrogen-bond acceptors (Lipinski definition) is 1. The van der Waals surface area contributed by atoms with E-state index in [4.69, 9.17) is 5.16 Å². The van der Waals surface area contributed by atoms with Crippen LogP contribution < -0.4 is 0 Å². The molecule has 1 unspecified atom stereocenters. The quantitative estimate of drug-likeness (QED) is 0.762. The molecule has 0 rings (SSSR count). The molecule has 0 aliphatic carbocycles. The highest BCUT2D eigenvalue weighted by atomic mass is 31.2. The molecule has 0 heterocycles. The highest BCUT2D eigenvalue weighted by Gasteiger charge is 2.44. The zero-order valence-corrected chi connectivity index (χ0v) is 12.7. The van der Waals surface area contributed by atoms with E-state index in [0.717, 1.165) is 0 Å². The lowest BCUT2D eigenvalue weighted by molar-refractivity contribution is -0.750. The van der Waals surface area contributed by atoms with Crippen LogP contribution >= 0.6 is 7.51 Å². The summed E-state index contributed by atoms with van der Waals surface area (Å²) < 4.78 is 4.94. The van der Waals surface area contributed by atoms with E-state index in [9.17, 15) is 0 Å². The van der Waals surface area contributed by atoms with Crippen LogP contribution in [-0.4, -0.2) is 61.4 Å². The molecule has 0 amide bonds. The average molecular weight is 235 g/mol. The first kappa shape index (κ1) is 15.1. The molecule has 1 atom stereocenters. The van der Waals surface area contributed by atoms with Gasteiger partial charge in [0, 0.05) is 5.54 Å². The number of hydrogen-bond donors (Lipinski definition) is 1. The van der Waals surface area contributed by atoms with Crippen LogP contribution in [0.5, 0.6) is 0 Å². The van der Waals surface area contributed by atoms with Crippen LogP contribution in [0.25, 0.3) is 0 Å². The molecular weight excluding hydrogens is 207 g/mol. The minimum atomic E-state index is -2.08. The molecule has 0 saturated carbocycles. The fourth-order valence-corrected chi connectivity index (χ4v) is 4.88. The minimum absolute atomic E-state index is 0.0192. The van der Waals surface area contributed by atoms with Gasteiger partial charge in [-0.15, -0.1) is 0 Å². The summed E-state index contributed by atoms with van der Waals surface area (Å²) in [5.41, 5.74) is 0.0192. The van der Waals surface area contributed by atoms with Gasteiger partial charge < -0.3 is 0 Å². The highest BCUT2D eigenvalue weighted by Crippen LogP contribution is 2.59. The number of rotatable bonds is 3. The molecule has 92 valence electrons. The maximum Gasteiger partial charge on any atom is 0.280 e. The maximum absolute atomic E-state index is 8.82. The van der Waals surface area contributed by atoms with Gasteiger partial charge in [-0.25, -0.2) is 14.5 Å². The Morgan fingerprint density at radius 3 is 1.40 bits per heavy atom. The summed E-state index contributed by atoms with van der Waals surface area (Å²) in [5.74, 6) is 0. The smallest absolute Gasteiger partial charge is 0.280 e. The molecule has 0 aromatic rings. The fraction of sp³-hybridized carbons (Fsp3) is 1.00. The maximum atomic E-state index is 8.82. The first-order valence-electron chi connectivity index (χ1n) is 5.23. The zero-order valence-electron chi connectivity index (χ0n) is 11.8. The topological polar surface area (TPSA) is 30.3 Å². The van der Waals surface area contributed by atoms with Crippen molar-refractivity contribution in [3.05, 3.63) is 0 Å². The van der Waals surface area contributed by atoms with Crippen LogP contribution in [0.2, 0.25) is 0 Å². The molecule has 0 aromatic heterocycles. The summed E-state index contributed by atoms with van der Waals surface area (Å²) in [6, 6.07) is 0. The van der Waals surface area contributed by atoms with Crippen LogP contribution in [-0.2, 0) is 0 Å². The summed E-state index contributed by atoms with van der Waals surface area (Å²) >= 11 is 0. The second-order valence-electron chi connectivity index (χ2n) is 6.05. The average Bonchev–Trinajstić information content (AvgIpc) is 1.97.